The van der Waals surface area contributed by atoms with Crippen molar-refractivity contribution >= 4 is 5.91 Å². The maximum absolute atomic E-state index is 13.1. The highest BCUT2D eigenvalue weighted by Crippen LogP contribution is 2.19. The molecule has 0 radical (unpaired) electrons. The first-order valence-electron chi connectivity index (χ1n) is 10.3. The van der Waals surface area contributed by atoms with E-state index in [-0.39, 0.29) is 5.91 Å². The molecule has 1 aliphatic rings. The molecule has 0 saturated carbocycles. The highest BCUT2D eigenvalue weighted by atomic mass is 16.2. The molecule has 1 amide bonds. The summed E-state index contributed by atoms with van der Waals surface area (Å²) < 4.78 is 0. The molecular formula is C23H32N4O. The molecule has 1 aromatic heterocycles. The van der Waals surface area contributed by atoms with Gasteiger partial charge in [0.2, 0.25) is 0 Å². The fourth-order valence-electron chi connectivity index (χ4n) is 3.92. The minimum absolute atomic E-state index is 0.0355. The van der Waals surface area contributed by atoms with Crippen LogP contribution in [0.2, 0.25) is 0 Å². The maximum Gasteiger partial charge on any atom is 0.272 e. The summed E-state index contributed by atoms with van der Waals surface area (Å²) in [6.07, 6.45) is 3.01. The van der Waals surface area contributed by atoms with Crippen molar-refractivity contribution in [3.63, 3.8) is 0 Å². The van der Waals surface area contributed by atoms with Gasteiger partial charge in [-0.3, -0.25) is 9.69 Å². The summed E-state index contributed by atoms with van der Waals surface area (Å²) in [6, 6.07) is 12.8. The van der Waals surface area contributed by atoms with E-state index in [0.717, 1.165) is 44.6 Å². The molecule has 1 aliphatic heterocycles. The van der Waals surface area contributed by atoms with E-state index in [1.807, 2.05) is 24.0 Å². The first-order valence-corrected chi connectivity index (χ1v) is 10.3. The Balaban J connectivity index is 1.68. The molecule has 5 nitrogen and oxygen atoms in total. The van der Waals surface area contributed by atoms with Gasteiger partial charge in [-0.1, -0.05) is 44.2 Å². The van der Waals surface area contributed by atoms with Crippen LogP contribution in [0, 0.1) is 12.8 Å². The second kappa shape index (κ2) is 9.28. The molecule has 0 aliphatic carbocycles. The third kappa shape index (κ3) is 5.38. The van der Waals surface area contributed by atoms with Gasteiger partial charge in [0.25, 0.3) is 5.91 Å². The molecule has 1 aromatic carbocycles. The Kier molecular flexibility index (Phi) is 6.79. The van der Waals surface area contributed by atoms with Gasteiger partial charge in [-0.25, -0.2) is 9.97 Å². The summed E-state index contributed by atoms with van der Waals surface area (Å²) in [5, 5.41) is 0. The molecule has 0 bridgehead atoms. The zero-order valence-corrected chi connectivity index (χ0v) is 17.6. The number of aromatic nitrogens is 2. The normalized spacial score (nSPS) is 17.4. The zero-order chi connectivity index (χ0) is 20.1. The number of piperidine rings is 1. The van der Waals surface area contributed by atoms with Gasteiger partial charge in [0.15, 0.2) is 0 Å². The van der Waals surface area contributed by atoms with Crippen molar-refractivity contribution in [1.82, 2.24) is 19.8 Å². The second-order valence-corrected chi connectivity index (χ2v) is 8.34. The molecule has 2 heterocycles. The van der Waals surface area contributed by atoms with Crippen LogP contribution < -0.4 is 0 Å². The van der Waals surface area contributed by atoms with E-state index in [0.29, 0.717) is 23.5 Å². The summed E-state index contributed by atoms with van der Waals surface area (Å²) in [4.78, 5) is 26.4. The second-order valence-electron chi connectivity index (χ2n) is 8.34. The third-order valence-corrected chi connectivity index (χ3v) is 5.31. The smallest absolute Gasteiger partial charge is 0.272 e. The Labute approximate surface area is 168 Å². The predicted octanol–water partition coefficient (Wildman–Crippen LogP) is 3.72. The van der Waals surface area contributed by atoms with Crippen molar-refractivity contribution < 1.29 is 4.79 Å². The Bertz CT molecular complexity index is 790. The number of hydrogen-bond acceptors (Lipinski definition) is 4. The number of hydrogen-bond donors (Lipinski definition) is 0. The van der Waals surface area contributed by atoms with Crippen LogP contribution in [0.3, 0.4) is 0 Å². The standard InChI is InChI=1S/C23H32N4O/c1-17(2)13-20-14-22(25-18(3)24-20)23(28)27-12-8-11-21(16-27)26(4)15-19-9-6-5-7-10-19/h5-7,9-10,14,17,21H,8,11-13,15-16H2,1-4H3/t21-/m1/s1. The Morgan fingerprint density at radius 3 is 2.71 bits per heavy atom. The van der Waals surface area contributed by atoms with Crippen LogP contribution in [0.5, 0.6) is 0 Å². The van der Waals surface area contributed by atoms with E-state index in [2.05, 4.69) is 60.0 Å². The quantitative estimate of drug-likeness (QED) is 0.766. The van der Waals surface area contributed by atoms with E-state index in [4.69, 9.17) is 0 Å². The van der Waals surface area contributed by atoms with Crippen molar-refractivity contribution in [2.75, 3.05) is 20.1 Å². The minimum atomic E-state index is 0.0355. The van der Waals surface area contributed by atoms with E-state index in [1.54, 1.807) is 0 Å². The summed E-state index contributed by atoms with van der Waals surface area (Å²) >= 11 is 0. The molecule has 150 valence electrons. The molecule has 0 unspecified atom stereocenters. The molecule has 0 spiro atoms. The fraction of sp³-hybridized carbons (Fsp3) is 0.522. The van der Waals surface area contributed by atoms with Gasteiger partial charge < -0.3 is 4.90 Å². The van der Waals surface area contributed by atoms with Crippen LogP contribution in [0.15, 0.2) is 36.4 Å². The van der Waals surface area contributed by atoms with Crippen LogP contribution in [-0.4, -0.2) is 51.9 Å². The van der Waals surface area contributed by atoms with E-state index in [1.165, 1.54) is 5.56 Å². The fourth-order valence-corrected chi connectivity index (χ4v) is 3.92. The number of benzene rings is 1. The highest BCUT2D eigenvalue weighted by Gasteiger charge is 2.28. The molecule has 28 heavy (non-hydrogen) atoms. The van der Waals surface area contributed by atoms with Crippen LogP contribution in [0.25, 0.3) is 0 Å². The minimum Gasteiger partial charge on any atom is -0.336 e. The number of carbonyl (C=O) groups is 1. The molecule has 1 atom stereocenters. The van der Waals surface area contributed by atoms with Crippen LogP contribution >= 0.6 is 0 Å². The number of rotatable bonds is 6. The zero-order valence-electron chi connectivity index (χ0n) is 17.6. The number of likely N-dealkylation sites (tertiary alicyclic amines) is 1. The number of amides is 1. The lowest BCUT2D eigenvalue weighted by atomic mass is 10.0. The maximum atomic E-state index is 13.1. The van der Waals surface area contributed by atoms with Crippen molar-refractivity contribution in [2.24, 2.45) is 5.92 Å². The topological polar surface area (TPSA) is 49.3 Å². The average molecular weight is 381 g/mol. The van der Waals surface area contributed by atoms with Crippen molar-refractivity contribution in [2.45, 2.75) is 52.6 Å². The Morgan fingerprint density at radius 2 is 2.00 bits per heavy atom. The first-order chi connectivity index (χ1) is 13.4. The van der Waals surface area contributed by atoms with Gasteiger partial charge in [-0.2, -0.15) is 0 Å². The van der Waals surface area contributed by atoms with Crippen molar-refractivity contribution in [3.8, 4) is 0 Å². The SMILES string of the molecule is Cc1nc(CC(C)C)cc(C(=O)N2CCC[C@@H](N(C)Cc3ccccc3)C2)n1. The van der Waals surface area contributed by atoms with Gasteiger partial charge in [0, 0.05) is 31.4 Å². The van der Waals surface area contributed by atoms with E-state index < -0.39 is 0 Å². The number of aryl methyl sites for hydroxylation is 1. The number of likely N-dealkylation sites (N-methyl/N-ethyl adjacent to an activating group) is 1. The molecule has 1 saturated heterocycles. The van der Waals surface area contributed by atoms with Gasteiger partial charge in [-0.15, -0.1) is 0 Å². The molecule has 5 heteroatoms. The Hall–Kier alpha value is -2.27. The third-order valence-electron chi connectivity index (χ3n) is 5.31. The molecular weight excluding hydrogens is 348 g/mol. The van der Waals surface area contributed by atoms with E-state index in [9.17, 15) is 4.79 Å². The highest BCUT2D eigenvalue weighted by molar-refractivity contribution is 5.92. The van der Waals surface area contributed by atoms with E-state index >= 15 is 0 Å². The van der Waals surface area contributed by atoms with Crippen molar-refractivity contribution in [3.05, 3.63) is 59.2 Å². The average Bonchev–Trinajstić information content (AvgIpc) is 2.67. The largest absolute Gasteiger partial charge is 0.336 e. The summed E-state index contributed by atoms with van der Waals surface area (Å²) in [7, 11) is 2.15. The van der Waals surface area contributed by atoms with Gasteiger partial charge in [-0.05, 0) is 50.8 Å². The predicted molar refractivity (Wildman–Crippen MR) is 112 cm³/mol. The van der Waals surface area contributed by atoms with Gasteiger partial charge in [0.1, 0.15) is 11.5 Å². The van der Waals surface area contributed by atoms with Gasteiger partial charge >= 0.3 is 0 Å². The number of nitrogens with zero attached hydrogens (tertiary/aromatic N) is 4. The summed E-state index contributed by atoms with van der Waals surface area (Å²) in [5.41, 5.74) is 2.80. The number of carbonyl (C=O) groups excluding carboxylic acids is 1. The summed E-state index contributed by atoms with van der Waals surface area (Å²) in [6.45, 7) is 8.65. The lowest BCUT2D eigenvalue weighted by Crippen LogP contribution is -2.48. The Morgan fingerprint density at radius 1 is 1.25 bits per heavy atom. The monoisotopic (exact) mass is 380 g/mol. The molecule has 3 rings (SSSR count). The molecule has 0 N–H and O–H groups in total. The lowest BCUT2D eigenvalue weighted by Gasteiger charge is -2.37. The lowest BCUT2D eigenvalue weighted by molar-refractivity contribution is 0.0596. The van der Waals surface area contributed by atoms with Gasteiger partial charge in [0.05, 0.1) is 0 Å². The van der Waals surface area contributed by atoms with Crippen LogP contribution in [0.1, 0.15) is 54.3 Å². The molecule has 1 fully saturated rings. The first kappa shape index (κ1) is 20.5. The van der Waals surface area contributed by atoms with Crippen LogP contribution in [0.4, 0.5) is 0 Å². The van der Waals surface area contributed by atoms with Crippen molar-refractivity contribution in [1.29, 1.82) is 0 Å². The molecule has 2 aromatic rings. The summed E-state index contributed by atoms with van der Waals surface area (Å²) in [5.74, 6) is 1.22. The van der Waals surface area contributed by atoms with Crippen LogP contribution in [-0.2, 0) is 13.0 Å².